The van der Waals surface area contributed by atoms with Gasteiger partial charge in [0.15, 0.2) is 5.96 Å². The first kappa shape index (κ1) is 24.6. The molecule has 1 aromatic rings. The van der Waals surface area contributed by atoms with Gasteiger partial charge in [0, 0.05) is 39.1 Å². The number of nitrogens with one attached hydrogen (secondary N) is 1. The minimum Gasteiger partial charge on any atom is -0.354 e. The lowest BCUT2D eigenvalue weighted by molar-refractivity contribution is -0.131. The number of likely N-dealkylation sites (N-methyl/N-ethyl adjacent to an activating group) is 2. The van der Waals surface area contributed by atoms with Gasteiger partial charge in [0.05, 0.1) is 13.1 Å². The number of hydrogen-bond acceptors (Lipinski definition) is 4. The van der Waals surface area contributed by atoms with Crippen molar-refractivity contribution in [3.05, 3.63) is 12.2 Å². The van der Waals surface area contributed by atoms with Gasteiger partial charge >= 0.3 is 0 Å². The first-order valence-corrected chi connectivity index (χ1v) is 10.3. The van der Waals surface area contributed by atoms with E-state index in [1.165, 1.54) is 25.7 Å². The van der Waals surface area contributed by atoms with Crippen LogP contribution in [0.3, 0.4) is 0 Å². The zero-order valence-corrected chi connectivity index (χ0v) is 20.1. The van der Waals surface area contributed by atoms with Crippen LogP contribution in [0.15, 0.2) is 11.3 Å². The molecule has 0 saturated heterocycles. The van der Waals surface area contributed by atoms with Crippen LogP contribution in [0.1, 0.15) is 52.3 Å². The lowest BCUT2D eigenvalue weighted by atomic mass is 10.2. The maximum absolute atomic E-state index is 12.5. The summed E-state index contributed by atoms with van der Waals surface area (Å²) in [4.78, 5) is 21.1. The maximum atomic E-state index is 12.5. The highest BCUT2D eigenvalue weighted by molar-refractivity contribution is 14.0. The molecule has 9 heteroatoms. The van der Waals surface area contributed by atoms with Crippen molar-refractivity contribution >= 4 is 35.8 Å². The highest BCUT2D eigenvalue weighted by Crippen LogP contribution is 2.17. The number of nitrogens with zero attached hydrogens (tertiary/aromatic N) is 6. The van der Waals surface area contributed by atoms with Crippen molar-refractivity contribution in [3.63, 3.8) is 0 Å². The fraction of sp³-hybridized carbons (Fsp3) is 0.789. The summed E-state index contributed by atoms with van der Waals surface area (Å²) in [6.07, 6.45) is 7.47. The van der Waals surface area contributed by atoms with Crippen molar-refractivity contribution in [1.29, 1.82) is 0 Å². The number of aromatic nitrogens is 3. The van der Waals surface area contributed by atoms with Crippen LogP contribution in [0.25, 0.3) is 0 Å². The molecule has 0 aromatic carbocycles. The Morgan fingerprint density at radius 2 is 1.96 bits per heavy atom. The van der Waals surface area contributed by atoms with E-state index in [1.54, 1.807) is 6.33 Å². The van der Waals surface area contributed by atoms with Gasteiger partial charge < -0.3 is 19.7 Å². The number of carbonyl (C=O) groups is 1. The first-order valence-electron chi connectivity index (χ1n) is 10.3. The lowest BCUT2D eigenvalue weighted by Gasteiger charge is -2.27. The van der Waals surface area contributed by atoms with Crippen molar-refractivity contribution in [2.75, 3.05) is 33.2 Å². The molecule has 0 spiro atoms. The topological polar surface area (TPSA) is 78.6 Å². The number of carbonyl (C=O) groups excluding carboxylic acids is 1. The Morgan fingerprint density at radius 1 is 1.29 bits per heavy atom. The summed E-state index contributed by atoms with van der Waals surface area (Å²) in [5.74, 6) is 1.92. The second kappa shape index (κ2) is 12.9. The van der Waals surface area contributed by atoms with Crippen molar-refractivity contribution < 1.29 is 4.79 Å². The fourth-order valence-corrected chi connectivity index (χ4v) is 3.49. The van der Waals surface area contributed by atoms with Crippen molar-refractivity contribution in [1.82, 2.24) is 29.9 Å². The maximum Gasteiger partial charge on any atom is 0.242 e. The molecule has 1 heterocycles. The van der Waals surface area contributed by atoms with Crippen molar-refractivity contribution in [2.24, 2.45) is 4.99 Å². The van der Waals surface area contributed by atoms with Crippen LogP contribution in [0, 0.1) is 0 Å². The molecule has 160 valence electrons. The Balaban J connectivity index is 0.00000392. The Morgan fingerprint density at radius 3 is 2.57 bits per heavy atom. The fourth-order valence-electron chi connectivity index (χ4n) is 3.49. The highest BCUT2D eigenvalue weighted by Gasteiger charge is 2.20. The largest absolute Gasteiger partial charge is 0.354 e. The number of aliphatic imine (C=N–C) groups is 1. The summed E-state index contributed by atoms with van der Waals surface area (Å²) in [5.41, 5.74) is 0. The molecule has 28 heavy (non-hydrogen) atoms. The number of halogens is 1. The molecule has 1 aliphatic rings. The Hall–Kier alpha value is -1.39. The van der Waals surface area contributed by atoms with Crippen LogP contribution < -0.4 is 5.32 Å². The molecule has 8 nitrogen and oxygen atoms in total. The van der Waals surface area contributed by atoms with Gasteiger partial charge in [-0.2, -0.15) is 0 Å². The standard InChI is InChI=1S/C19H35N7O.HI/c1-5-17-23-21-15-26(17)13-12-20-19(22-16-10-8-9-11-16)24(4)14-18(27)25(6-2)7-3;/h15-16H,5-14H2,1-4H3,(H,20,22);1H. The summed E-state index contributed by atoms with van der Waals surface area (Å²) in [6.45, 7) is 9.28. The molecule has 1 aromatic heterocycles. The van der Waals surface area contributed by atoms with Crippen LogP contribution in [-0.2, 0) is 17.8 Å². The predicted octanol–water partition coefficient (Wildman–Crippen LogP) is 2.15. The average molecular weight is 505 g/mol. The van der Waals surface area contributed by atoms with Crippen molar-refractivity contribution in [2.45, 2.75) is 65.5 Å². The van der Waals surface area contributed by atoms with Gasteiger partial charge in [0.2, 0.25) is 5.91 Å². The van der Waals surface area contributed by atoms with Gasteiger partial charge in [-0.25, -0.2) is 0 Å². The Labute approximate surface area is 186 Å². The second-order valence-corrected chi connectivity index (χ2v) is 7.05. The minimum atomic E-state index is 0. The van der Waals surface area contributed by atoms with E-state index in [2.05, 4.69) is 22.4 Å². The second-order valence-electron chi connectivity index (χ2n) is 7.05. The third kappa shape index (κ3) is 7.21. The smallest absolute Gasteiger partial charge is 0.242 e. The van der Waals surface area contributed by atoms with E-state index >= 15 is 0 Å². The van der Waals surface area contributed by atoms with Gasteiger partial charge in [-0.15, -0.1) is 34.2 Å². The molecular weight excluding hydrogens is 469 g/mol. The number of aryl methyl sites for hydroxylation is 1. The third-order valence-corrected chi connectivity index (χ3v) is 5.15. The van der Waals surface area contributed by atoms with Gasteiger partial charge in [-0.3, -0.25) is 9.79 Å². The van der Waals surface area contributed by atoms with Crippen molar-refractivity contribution in [3.8, 4) is 0 Å². The molecule has 1 aliphatic carbocycles. The molecule has 2 rings (SSSR count). The summed E-state index contributed by atoms with van der Waals surface area (Å²) < 4.78 is 2.04. The van der Waals surface area contributed by atoms with Crippen LogP contribution in [0.4, 0.5) is 0 Å². The number of amides is 1. The first-order chi connectivity index (χ1) is 13.1. The molecule has 0 radical (unpaired) electrons. The average Bonchev–Trinajstić information content (AvgIpc) is 3.33. The van der Waals surface area contributed by atoms with E-state index in [0.29, 0.717) is 19.1 Å². The number of rotatable bonds is 9. The SMILES string of the molecule is CCc1nncn1CCN=C(NC1CCCC1)N(C)CC(=O)N(CC)CC.I. The summed E-state index contributed by atoms with van der Waals surface area (Å²) >= 11 is 0. The Kier molecular flexibility index (Phi) is 11.4. The van der Waals surface area contributed by atoms with E-state index < -0.39 is 0 Å². The number of hydrogen-bond donors (Lipinski definition) is 1. The molecule has 1 saturated carbocycles. The van der Waals surface area contributed by atoms with Gasteiger partial charge in [0.25, 0.3) is 0 Å². The van der Waals surface area contributed by atoms with Gasteiger partial charge in [-0.1, -0.05) is 19.8 Å². The van der Waals surface area contributed by atoms with E-state index in [9.17, 15) is 4.79 Å². The molecular formula is C19H36IN7O. The third-order valence-electron chi connectivity index (χ3n) is 5.15. The van der Waals surface area contributed by atoms with Gasteiger partial charge in [-0.05, 0) is 26.7 Å². The number of guanidine groups is 1. The predicted molar refractivity (Wildman–Crippen MR) is 123 cm³/mol. The normalized spacial score (nSPS) is 14.6. The molecule has 1 amide bonds. The molecule has 1 fully saturated rings. The van der Waals surface area contributed by atoms with Crippen LogP contribution in [0.2, 0.25) is 0 Å². The van der Waals surface area contributed by atoms with E-state index in [4.69, 9.17) is 4.99 Å². The zero-order chi connectivity index (χ0) is 19.6. The van der Waals surface area contributed by atoms with E-state index in [1.807, 2.05) is 35.3 Å². The lowest BCUT2D eigenvalue weighted by Crippen LogP contribution is -2.48. The zero-order valence-electron chi connectivity index (χ0n) is 17.7. The minimum absolute atomic E-state index is 0. The molecule has 0 bridgehead atoms. The highest BCUT2D eigenvalue weighted by atomic mass is 127. The Bertz CT molecular complexity index is 609. The van der Waals surface area contributed by atoms with Gasteiger partial charge in [0.1, 0.15) is 12.2 Å². The quantitative estimate of drug-likeness (QED) is 0.316. The summed E-state index contributed by atoms with van der Waals surface area (Å²) in [6, 6.07) is 0.455. The summed E-state index contributed by atoms with van der Waals surface area (Å²) in [7, 11) is 1.94. The molecule has 0 aliphatic heterocycles. The molecule has 0 unspecified atom stereocenters. The summed E-state index contributed by atoms with van der Waals surface area (Å²) in [5, 5.41) is 11.7. The van der Waals surface area contributed by atoms with E-state index in [0.717, 1.165) is 37.8 Å². The monoisotopic (exact) mass is 505 g/mol. The molecule has 0 atom stereocenters. The van der Waals surface area contributed by atoms with Crippen LogP contribution >= 0.6 is 24.0 Å². The van der Waals surface area contributed by atoms with Crippen LogP contribution in [0.5, 0.6) is 0 Å². The van der Waals surface area contributed by atoms with E-state index in [-0.39, 0.29) is 29.9 Å². The van der Waals surface area contributed by atoms with Crippen LogP contribution in [-0.4, -0.2) is 75.7 Å². The molecule has 1 N–H and O–H groups in total.